The highest BCUT2D eigenvalue weighted by molar-refractivity contribution is 5.25. The van der Waals surface area contributed by atoms with Crippen LogP contribution in [0.5, 0.6) is 0 Å². The van der Waals surface area contributed by atoms with Crippen LogP contribution in [0.25, 0.3) is 0 Å². The minimum absolute atomic E-state index is 0.0783. The van der Waals surface area contributed by atoms with Crippen LogP contribution in [0.2, 0.25) is 0 Å². The summed E-state index contributed by atoms with van der Waals surface area (Å²) >= 11 is 0. The molecule has 0 radical (unpaired) electrons. The van der Waals surface area contributed by atoms with E-state index in [1.165, 1.54) is 18.2 Å². The molecule has 0 saturated carbocycles. The standard InChI is InChI=1S/C15H14F3N/c1-19-15(11-3-5-12(16)6-4-11)9-10-2-7-13(17)14(18)8-10/h2-8,15,19H,9H2,1H3. The first-order chi connectivity index (χ1) is 9.10. The first-order valence-electron chi connectivity index (χ1n) is 5.97. The molecule has 1 nitrogen and oxygen atoms in total. The van der Waals surface area contributed by atoms with Crippen molar-refractivity contribution in [3.63, 3.8) is 0 Å². The number of rotatable bonds is 4. The Bertz CT molecular complexity index is 552. The molecule has 0 aliphatic carbocycles. The van der Waals surface area contributed by atoms with E-state index in [0.29, 0.717) is 12.0 Å². The fourth-order valence-corrected chi connectivity index (χ4v) is 1.98. The average Bonchev–Trinajstić information content (AvgIpc) is 2.41. The van der Waals surface area contributed by atoms with E-state index in [4.69, 9.17) is 0 Å². The topological polar surface area (TPSA) is 12.0 Å². The van der Waals surface area contributed by atoms with E-state index in [1.807, 2.05) is 0 Å². The molecule has 0 aliphatic rings. The fourth-order valence-electron chi connectivity index (χ4n) is 1.98. The lowest BCUT2D eigenvalue weighted by Crippen LogP contribution is -2.19. The molecule has 0 saturated heterocycles. The third-order valence-electron chi connectivity index (χ3n) is 3.04. The first-order valence-corrected chi connectivity index (χ1v) is 5.97. The molecule has 4 heteroatoms. The molecular formula is C15H14F3N. The van der Waals surface area contributed by atoms with Gasteiger partial charge in [0.25, 0.3) is 0 Å². The Hall–Kier alpha value is -1.81. The van der Waals surface area contributed by atoms with Crippen molar-refractivity contribution in [1.82, 2.24) is 5.32 Å². The number of hydrogen-bond donors (Lipinski definition) is 1. The van der Waals surface area contributed by atoms with E-state index in [-0.39, 0.29) is 11.9 Å². The van der Waals surface area contributed by atoms with Crippen LogP contribution < -0.4 is 5.32 Å². The maximum atomic E-state index is 13.1. The number of hydrogen-bond acceptors (Lipinski definition) is 1. The molecule has 2 aromatic rings. The Balaban J connectivity index is 2.18. The van der Waals surface area contributed by atoms with Gasteiger partial charge in [0, 0.05) is 6.04 Å². The zero-order valence-corrected chi connectivity index (χ0v) is 10.5. The summed E-state index contributed by atoms with van der Waals surface area (Å²) in [5.41, 5.74) is 1.58. The van der Waals surface area contributed by atoms with Crippen LogP contribution >= 0.6 is 0 Å². The highest BCUT2D eigenvalue weighted by Gasteiger charge is 2.11. The summed E-state index contributed by atoms with van der Waals surface area (Å²) < 4.78 is 38.9. The van der Waals surface area contributed by atoms with Crippen molar-refractivity contribution in [3.8, 4) is 0 Å². The average molecular weight is 265 g/mol. The molecule has 0 fully saturated rings. The second-order valence-corrected chi connectivity index (χ2v) is 4.35. The van der Waals surface area contributed by atoms with Crippen molar-refractivity contribution in [3.05, 3.63) is 71.0 Å². The number of nitrogens with one attached hydrogen (secondary N) is 1. The Morgan fingerprint density at radius 1 is 0.947 bits per heavy atom. The van der Waals surface area contributed by atoms with Crippen LogP contribution in [0.1, 0.15) is 17.2 Å². The molecule has 0 spiro atoms. The molecule has 19 heavy (non-hydrogen) atoms. The second-order valence-electron chi connectivity index (χ2n) is 4.35. The maximum absolute atomic E-state index is 13.1. The Morgan fingerprint density at radius 3 is 2.21 bits per heavy atom. The molecule has 2 rings (SSSR count). The van der Waals surface area contributed by atoms with Gasteiger partial charge in [0.1, 0.15) is 5.82 Å². The van der Waals surface area contributed by atoms with Gasteiger partial charge in [-0.25, -0.2) is 13.2 Å². The van der Waals surface area contributed by atoms with Gasteiger partial charge in [-0.15, -0.1) is 0 Å². The summed E-state index contributed by atoms with van der Waals surface area (Å²) in [6.45, 7) is 0. The van der Waals surface area contributed by atoms with E-state index >= 15 is 0 Å². The lowest BCUT2D eigenvalue weighted by Gasteiger charge is -2.17. The molecule has 2 aromatic carbocycles. The van der Waals surface area contributed by atoms with Gasteiger partial charge in [-0.05, 0) is 48.9 Å². The monoisotopic (exact) mass is 265 g/mol. The van der Waals surface area contributed by atoms with E-state index in [1.54, 1.807) is 25.2 Å². The molecule has 1 unspecified atom stereocenters. The van der Waals surface area contributed by atoms with Crippen molar-refractivity contribution in [2.75, 3.05) is 7.05 Å². The van der Waals surface area contributed by atoms with Crippen LogP contribution in [-0.2, 0) is 6.42 Å². The summed E-state index contributed by atoms with van der Waals surface area (Å²) in [6.07, 6.45) is 0.499. The van der Waals surface area contributed by atoms with Gasteiger partial charge in [0.05, 0.1) is 0 Å². The van der Waals surface area contributed by atoms with Gasteiger partial charge < -0.3 is 5.32 Å². The SMILES string of the molecule is CNC(Cc1ccc(F)c(F)c1)c1ccc(F)cc1. The van der Waals surface area contributed by atoms with Gasteiger partial charge in [0.15, 0.2) is 11.6 Å². The van der Waals surface area contributed by atoms with E-state index in [0.717, 1.165) is 11.6 Å². The third-order valence-corrected chi connectivity index (χ3v) is 3.04. The lowest BCUT2D eigenvalue weighted by molar-refractivity contribution is 0.504. The van der Waals surface area contributed by atoms with Crippen LogP contribution in [0.4, 0.5) is 13.2 Å². The number of benzene rings is 2. The minimum Gasteiger partial charge on any atom is -0.313 e. The van der Waals surface area contributed by atoms with Gasteiger partial charge in [-0.2, -0.15) is 0 Å². The van der Waals surface area contributed by atoms with Crippen LogP contribution in [0.3, 0.4) is 0 Å². The fraction of sp³-hybridized carbons (Fsp3) is 0.200. The van der Waals surface area contributed by atoms with Crippen molar-refractivity contribution in [2.24, 2.45) is 0 Å². The Kier molecular flexibility index (Phi) is 4.22. The van der Waals surface area contributed by atoms with Crippen LogP contribution in [0.15, 0.2) is 42.5 Å². The van der Waals surface area contributed by atoms with Gasteiger partial charge >= 0.3 is 0 Å². The predicted molar refractivity (Wildman–Crippen MR) is 68.3 cm³/mol. The number of likely N-dealkylation sites (N-methyl/N-ethyl adjacent to an activating group) is 1. The predicted octanol–water partition coefficient (Wildman–Crippen LogP) is 3.61. The largest absolute Gasteiger partial charge is 0.313 e. The quantitative estimate of drug-likeness (QED) is 0.890. The third kappa shape index (κ3) is 3.35. The summed E-state index contributed by atoms with van der Waals surface area (Å²) in [6, 6.07) is 9.88. The highest BCUT2D eigenvalue weighted by Crippen LogP contribution is 2.19. The molecule has 0 bridgehead atoms. The Morgan fingerprint density at radius 2 is 1.63 bits per heavy atom. The van der Waals surface area contributed by atoms with Gasteiger partial charge in [-0.3, -0.25) is 0 Å². The van der Waals surface area contributed by atoms with Gasteiger partial charge in [-0.1, -0.05) is 18.2 Å². The first kappa shape index (κ1) is 13.6. The summed E-state index contributed by atoms with van der Waals surface area (Å²) in [5.74, 6) is -2.01. The van der Waals surface area contributed by atoms with E-state index in [2.05, 4.69) is 5.32 Å². The lowest BCUT2D eigenvalue weighted by atomic mass is 9.99. The van der Waals surface area contributed by atoms with Crippen LogP contribution in [-0.4, -0.2) is 7.05 Å². The molecular weight excluding hydrogens is 251 g/mol. The smallest absolute Gasteiger partial charge is 0.159 e. The zero-order valence-electron chi connectivity index (χ0n) is 10.5. The van der Waals surface area contributed by atoms with Crippen molar-refractivity contribution in [2.45, 2.75) is 12.5 Å². The second kappa shape index (κ2) is 5.89. The van der Waals surface area contributed by atoms with Crippen molar-refractivity contribution >= 4 is 0 Å². The summed E-state index contributed by atoms with van der Waals surface area (Å²) in [4.78, 5) is 0. The Labute approximate surface area is 110 Å². The van der Waals surface area contributed by atoms with Crippen LogP contribution in [0, 0.1) is 17.5 Å². The maximum Gasteiger partial charge on any atom is 0.159 e. The normalized spacial score (nSPS) is 12.4. The summed E-state index contributed by atoms with van der Waals surface area (Å²) in [5, 5.41) is 3.08. The minimum atomic E-state index is -0.855. The van der Waals surface area contributed by atoms with Crippen molar-refractivity contribution < 1.29 is 13.2 Å². The number of halogens is 3. The van der Waals surface area contributed by atoms with Gasteiger partial charge in [0.2, 0.25) is 0 Å². The molecule has 0 amide bonds. The van der Waals surface area contributed by atoms with E-state index < -0.39 is 11.6 Å². The molecule has 0 aliphatic heterocycles. The molecule has 1 atom stereocenters. The highest BCUT2D eigenvalue weighted by atomic mass is 19.2. The molecule has 0 heterocycles. The van der Waals surface area contributed by atoms with E-state index in [9.17, 15) is 13.2 Å². The summed E-state index contributed by atoms with van der Waals surface area (Å²) in [7, 11) is 1.77. The van der Waals surface area contributed by atoms with Crippen molar-refractivity contribution in [1.29, 1.82) is 0 Å². The zero-order chi connectivity index (χ0) is 13.8. The molecule has 0 aromatic heterocycles. The molecule has 1 N–H and O–H groups in total. The molecule has 100 valence electrons.